The fraction of sp³-hybridized carbons (Fsp3) is 0.550. The number of pyridine rings is 1. The minimum atomic E-state index is -3.96. The number of methoxy groups -OCH3 is 1. The van der Waals surface area contributed by atoms with Gasteiger partial charge in [0.2, 0.25) is 27.7 Å². The lowest BCUT2D eigenvalue weighted by Gasteiger charge is -2.31. The third kappa shape index (κ3) is 10.0. The van der Waals surface area contributed by atoms with Crippen molar-refractivity contribution in [1.29, 1.82) is 0 Å². The second-order valence-corrected chi connectivity index (χ2v) is 17.9. The zero-order chi connectivity index (χ0) is 41.1. The maximum absolute atomic E-state index is 14.7. The number of aromatic nitrogens is 1. The normalized spacial score (nSPS) is 27.0. The first-order valence-electron chi connectivity index (χ1n) is 19.3. The summed E-state index contributed by atoms with van der Waals surface area (Å²) in [6.45, 7) is 6.63. The number of fused-ring (bicyclic) bond motifs is 3. The molecule has 1 aromatic carbocycles. The summed E-state index contributed by atoms with van der Waals surface area (Å²) < 4.78 is 51.0. The summed E-state index contributed by atoms with van der Waals surface area (Å²) in [5.41, 5.74) is -2.50. The SMILES string of the molecule is CC=CC(=O)OC1CCC=CC2CC2(C(=O)NS(=O)(=O)C2CC2)NC(=O)C2CC(Oc3nccc4cc(OC)ccc34)CN2C(=O)C(NC(=O)OC(C)(C)C)CC1. The molecule has 2 saturated carbocycles. The van der Waals surface area contributed by atoms with Crippen molar-refractivity contribution in [1.82, 2.24) is 25.2 Å². The van der Waals surface area contributed by atoms with Crippen LogP contribution in [-0.2, 0) is 38.7 Å². The van der Waals surface area contributed by atoms with Crippen molar-refractivity contribution in [3.8, 4) is 11.6 Å². The standard InChI is InChI=1S/C40H51N5O11S/c1-6-9-33(46)54-26-11-8-7-10-25-22-40(25,37(49)44-57(51,52)29-14-15-29)43-34(47)32-21-28(55-35-30-16-12-27(53-5)20-24(30)18-19-41-35)23-45(32)36(48)31(17-13-26)42-38(50)56-39(2,3)4/h6-7,9-10,12,16,18-20,25-26,28-29,31-32H,8,11,13-15,17,21-23H2,1-5H3,(H,42,50)(H,43,47)(H,44,49). The number of benzene rings is 1. The minimum Gasteiger partial charge on any atom is -0.497 e. The zero-order valence-electron chi connectivity index (χ0n) is 32.8. The summed E-state index contributed by atoms with van der Waals surface area (Å²) in [6, 6.07) is 4.74. The van der Waals surface area contributed by atoms with Crippen molar-refractivity contribution < 1.29 is 51.3 Å². The predicted molar refractivity (Wildman–Crippen MR) is 207 cm³/mol. The van der Waals surface area contributed by atoms with Crippen LogP contribution in [0.2, 0.25) is 0 Å². The number of carbonyl (C=O) groups excluding carboxylic acids is 5. The van der Waals surface area contributed by atoms with E-state index >= 15 is 0 Å². The highest BCUT2D eigenvalue weighted by Gasteiger charge is 2.62. The number of esters is 1. The van der Waals surface area contributed by atoms with Crippen molar-refractivity contribution in [2.24, 2.45) is 5.92 Å². The van der Waals surface area contributed by atoms with Gasteiger partial charge in [-0.2, -0.15) is 0 Å². The van der Waals surface area contributed by atoms with Gasteiger partial charge in [-0.25, -0.2) is 23.0 Å². The van der Waals surface area contributed by atoms with Crippen molar-refractivity contribution in [3.05, 3.63) is 54.8 Å². The molecule has 308 valence electrons. The van der Waals surface area contributed by atoms with Crippen molar-refractivity contribution in [3.63, 3.8) is 0 Å². The van der Waals surface area contributed by atoms with Crippen LogP contribution in [0.5, 0.6) is 11.6 Å². The number of alkyl carbamates (subject to hydrolysis) is 1. The van der Waals surface area contributed by atoms with Gasteiger partial charge in [0, 0.05) is 30.0 Å². The number of carbonyl (C=O) groups is 5. The van der Waals surface area contributed by atoms with Crippen LogP contribution >= 0.6 is 0 Å². The number of rotatable bonds is 9. The van der Waals surface area contributed by atoms with Crippen LogP contribution in [0.25, 0.3) is 10.8 Å². The molecule has 1 aromatic heterocycles. The highest BCUT2D eigenvalue weighted by molar-refractivity contribution is 7.91. The molecule has 2 aromatic rings. The molecule has 2 aliphatic heterocycles. The predicted octanol–water partition coefficient (Wildman–Crippen LogP) is 3.59. The van der Waals surface area contributed by atoms with Crippen LogP contribution in [0.1, 0.15) is 79.1 Å². The Morgan fingerprint density at radius 3 is 2.53 bits per heavy atom. The van der Waals surface area contributed by atoms with Crippen LogP contribution in [-0.4, -0.2) is 102 Å². The minimum absolute atomic E-state index is 0.0205. The van der Waals surface area contributed by atoms with Gasteiger partial charge in [-0.15, -0.1) is 0 Å². The van der Waals surface area contributed by atoms with Crippen LogP contribution in [0.4, 0.5) is 4.79 Å². The number of sulfonamides is 1. The Morgan fingerprint density at radius 2 is 1.82 bits per heavy atom. The average molecular weight is 810 g/mol. The van der Waals surface area contributed by atoms with E-state index in [1.807, 2.05) is 6.07 Å². The van der Waals surface area contributed by atoms with E-state index in [0.717, 1.165) is 5.39 Å². The zero-order valence-corrected chi connectivity index (χ0v) is 33.6. The Kier molecular flexibility index (Phi) is 12.2. The summed E-state index contributed by atoms with van der Waals surface area (Å²) in [5.74, 6) is -2.41. The first kappa shape index (κ1) is 41.4. The van der Waals surface area contributed by atoms with E-state index in [1.165, 1.54) is 11.0 Å². The highest BCUT2D eigenvalue weighted by atomic mass is 32.2. The summed E-state index contributed by atoms with van der Waals surface area (Å²) in [7, 11) is -2.40. The van der Waals surface area contributed by atoms with Gasteiger partial charge >= 0.3 is 12.1 Å². The lowest BCUT2D eigenvalue weighted by atomic mass is 10.0. The topological polar surface area (TPSA) is 209 Å². The Bertz CT molecular complexity index is 2060. The summed E-state index contributed by atoms with van der Waals surface area (Å²) >= 11 is 0. The molecular formula is C40H51N5O11S. The summed E-state index contributed by atoms with van der Waals surface area (Å²) in [6.07, 6.45) is 7.57. The van der Waals surface area contributed by atoms with Gasteiger partial charge < -0.3 is 34.5 Å². The molecule has 0 spiro atoms. The molecule has 2 aliphatic carbocycles. The smallest absolute Gasteiger partial charge is 0.408 e. The molecular weight excluding hydrogens is 759 g/mol. The van der Waals surface area contributed by atoms with Crippen LogP contribution < -0.4 is 24.8 Å². The lowest BCUT2D eigenvalue weighted by molar-refractivity contribution is -0.144. The van der Waals surface area contributed by atoms with Gasteiger partial charge in [-0.05, 0) is 102 Å². The van der Waals surface area contributed by atoms with E-state index in [0.29, 0.717) is 36.8 Å². The van der Waals surface area contributed by atoms with Crippen LogP contribution in [0.15, 0.2) is 54.8 Å². The second kappa shape index (κ2) is 16.7. The Balaban J connectivity index is 1.35. The van der Waals surface area contributed by atoms with E-state index in [-0.39, 0.29) is 38.1 Å². The Labute approximate surface area is 332 Å². The molecule has 6 unspecified atom stereocenters. The molecule has 6 rings (SSSR count). The molecule has 16 nitrogen and oxygen atoms in total. The van der Waals surface area contributed by atoms with Gasteiger partial charge in [-0.1, -0.05) is 18.2 Å². The maximum Gasteiger partial charge on any atom is 0.408 e. The number of ether oxygens (including phenoxy) is 4. The Hall–Kier alpha value is -5.19. The molecule has 4 amide bonds. The van der Waals surface area contributed by atoms with E-state index in [1.54, 1.807) is 77.4 Å². The molecule has 3 heterocycles. The van der Waals surface area contributed by atoms with Gasteiger partial charge in [0.15, 0.2) is 0 Å². The quantitative estimate of drug-likeness (QED) is 0.189. The highest BCUT2D eigenvalue weighted by Crippen LogP contribution is 2.46. The van der Waals surface area contributed by atoms with E-state index < -0.39 is 86.4 Å². The monoisotopic (exact) mass is 809 g/mol. The number of nitrogens with one attached hydrogen (secondary N) is 3. The Morgan fingerprint density at radius 1 is 1.05 bits per heavy atom. The van der Waals surface area contributed by atoms with E-state index in [9.17, 15) is 32.4 Å². The molecule has 57 heavy (non-hydrogen) atoms. The van der Waals surface area contributed by atoms with Crippen molar-refractivity contribution in [2.75, 3.05) is 13.7 Å². The first-order chi connectivity index (χ1) is 27.0. The molecule has 3 N–H and O–H groups in total. The maximum atomic E-state index is 14.7. The molecule has 1 saturated heterocycles. The summed E-state index contributed by atoms with van der Waals surface area (Å²) in [4.78, 5) is 74.5. The third-order valence-electron chi connectivity index (χ3n) is 10.4. The van der Waals surface area contributed by atoms with Crippen LogP contribution in [0, 0.1) is 5.92 Å². The summed E-state index contributed by atoms with van der Waals surface area (Å²) in [5, 5.41) is 6.30. The molecule has 0 radical (unpaired) electrons. The van der Waals surface area contributed by atoms with Crippen LogP contribution in [0.3, 0.4) is 0 Å². The van der Waals surface area contributed by atoms with E-state index in [2.05, 4.69) is 20.3 Å². The molecule has 3 fully saturated rings. The van der Waals surface area contributed by atoms with Crippen molar-refractivity contribution >= 4 is 50.6 Å². The second-order valence-electron chi connectivity index (χ2n) is 16.0. The number of allylic oxidation sites excluding steroid dienone is 2. The number of hydrogen-bond donors (Lipinski definition) is 3. The van der Waals surface area contributed by atoms with E-state index in [4.69, 9.17) is 18.9 Å². The largest absolute Gasteiger partial charge is 0.497 e. The number of amides is 4. The molecule has 4 aliphatic rings. The van der Waals surface area contributed by atoms with Gasteiger partial charge in [-0.3, -0.25) is 19.1 Å². The first-order valence-corrected chi connectivity index (χ1v) is 20.8. The number of hydrogen-bond acceptors (Lipinski definition) is 12. The lowest BCUT2D eigenvalue weighted by Crippen LogP contribution is -2.58. The fourth-order valence-corrected chi connectivity index (χ4v) is 8.62. The molecule has 6 atom stereocenters. The van der Waals surface area contributed by atoms with Gasteiger partial charge in [0.1, 0.15) is 41.2 Å². The average Bonchev–Trinajstić information content (AvgIpc) is 4.07. The third-order valence-corrected chi connectivity index (χ3v) is 12.2. The molecule has 17 heteroatoms. The van der Waals surface area contributed by atoms with Gasteiger partial charge in [0.25, 0.3) is 5.91 Å². The molecule has 0 bridgehead atoms. The van der Waals surface area contributed by atoms with Crippen molar-refractivity contribution in [2.45, 2.75) is 120 Å². The number of nitrogens with zero attached hydrogens (tertiary/aromatic N) is 2. The van der Waals surface area contributed by atoms with Gasteiger partial charge in [0.05, 0.1) is 18.9 Å². The fourth-order valence-electron chi connectivity index (χ4n) is 7.25.